The lowest BCUT2D eigenvalue weighted by Crippen LogP contribution is -2.33. The molecule has 36 heavy (non-hydrogen) atoms. The summed E-state index contributed by atoms with van der Waals surface area (Å²) in [6, 6.07) is 20.1. The molecule has 1 aliphatic carbocycles. The molecule has 0 aliphatic heterocycles. The van der Waals surface area contributed by atoms with Crippen LogP contribution in [0.5, 0.6) is 11.5 Å². The molecule has 4 nitrogen and oxygen atoms in total. The van der Waals surface area contributed by atoms with E-state index in [-0.39, 0.29) is 22.0 Å². The molecule has 0 atom stereocenters. The van der Waals surface area contributed by atoms with E-state index in [1.165, 1.54) is 23.1 Å². The van der Waals surface area contributed by atoms with Crippen molar-refractivity contribution < 1.29 is 19.4 Å². The lowest BCUT2D eigenvalue weighted by molar-refractivity contribution is 0.144. The SMILES string of the molecule is CC(C)(C)c1ccc(-c2c(OCc3ccc4c(c3)C(C)(C)CCC4(C)C)cccc2OC(=O)O)cc1. The van der Waals surface area contributed by atoms with E-state index >= 15 is 0 Å². The second kappa shape index (κ2) is 9.31. The van der Waals surface area contributed by atoms with Gasteiger partial charge in [-0.3, -0.25) is 0 Å². The van der Waals surface area contributed by atoms with Crippen LogP contribution in [0, 0.1) is 0 Å². The van der Waals surface area contributed by atoms with Crippen LogP contribution in [-0.4, -0.2) is 11.3 Å². The van der Waals surface area contributed by atoms with E-state index in [4.69, 9.17) is 9.47 Å². The zero-order valence-electron chi connectivity index (χ0n) is 22.6. The van der Waals surface area contributed by atoms with Crippen molar-refractivity contribution in [1.82, 2.24) is 0 Å². The minimum Gasteiger partial charge on any atom is -0.488 e. The third-order valence-electron chi connectivity index (χ3n) is 7.54. The topological polar surface area (TPSA) is 55.8 Å². The molecule has 3 aromatic carbocycles. The molecule has 0 heterocycles. The van der Waals surface area contributed by atoms with Gasteiger partial charge in [-0.05, 0) is 69.0 Å². The van der Waals surface area contributed by atoms with Gasteiger partial charge in [0, 0.05) is 0 Å². The van der Waals surface area contributed by atoms with Crippen LogP contribution in [0.1, 0.15) is 83.6 Å². The van der Waals surface area contributed by atoms with Crippen molar-refractivity contribution in [2.75, 3.05) is 0 Å². The summed E-state index contributed by atoms with van der Waals surface area (Å²) in [4.78, 5) is 11.4. The molecule has 0 fully saturated rings. The summed E-state index contributed by atoms with van der Waals surface area (Å²) in [6.07, 6.45) is 0.983. The maximum atomic E-state index is 11.4. The van der Waals surface area contributed by atoms with Gasteiger partial charge in [0.15, 0.2) is 0 Å². The summed E-state index contributed by atoms with van der Waals surface area (Å²) in [6.45, 7) is 16.2. The standard InChI is InChI=1S/C32H38O4/c1-30(2,3)23-14-12-22(13-15-23)28-26(9-8-10-27(28)36-29(33)34)35-20-21-11-16-24-25(19-21)32(6,7)18-17-31(24,4)5/h8-16,19H,17-18,20H2,1-7H3,(H,33,34). The summed E-state index contributed by atoms with van der Waals surface area (Å²) in [5.74, 6) is 0.853. The van der Waals surface area contributed by atoms with Gasteiger partial charge < -0.3 is 14.6 Å². The zero-order valence-corrected chi connectivity index (χ0v) is 22.6. The van der Waals surface area contributed by atoms with E-state index in [1.807, 2.05) is 18.2 Å². The van der Waals surface area contributed by atoms with E-state index in [9.17, 15) is 9.90 Å². The Hall–Kier alpha value is -3.27. The first-order valence-corrected chi connectivity index (χ1v) is 12.7. The zero-order chi connectivity index (χ0) is 26.3. The summed E-state index contributed by atoms with van der Waals surface area (Å²) in [5, 5.41) is 9.33. The average Bonchev–Trinajstić information content (AvgIpc) is 2.80. The van der Waals surface area contributed by atoms with Gasteiger partial charge in [0.05, 0.1) is 5.56 Å². The predicted molar refractivity (Wildman–Crippen MR) is 145 cm³/mol. The molecular formula is C32H38O4. The van der Waals surface area contributed by atoms with Gasteiger partial charge in [-0.2, -0.15) is 0 Å². The molecule has 0 spiro atoms. The number of hydrogen-bond donors (Lipinski definition) is 1. The summed E-state index contributed by atoms with van der Waals surface area (Å²) in [5.41, 5.74) is 6.89. The van der Waals surface area contributed by atoms with Crippen LogP contribution in [0.25, 0.3) is 11.1 Å². The van der Waals surface area contributed by atoms with Crippen molar-refractivity contribution in [2.24, 2.45) is 0 Å². The summed E-state index contributed by atoms with van der Waals surface area (Å²) < 4.78 is 11.5. The minimum atomic E-state index is -1.35. The predicted octanol–water partition coefficient (Wildman–Crippen LogP) is 8.64. The van der Waals surface area contributed by atoms with Gasteiger partial charge in [0.2, 0.25) is 0 Å². The maximum Gasteiger partial charge on any atom is 0.511 e. The van der Waals surface area contributed by atoms with E-state index in [1.54, 1.807) is 12.1 Å². The molecule has 1 aliphatic rings. The van der Waals surface area contributed by atoms with Crippen molar-refractivity contribution in [3.05, 3.63) is 82.9 Å². The molecule has 0 saturated heterocycles. The van der Waals surface area contributed by atoms with Crippen LogP contribution in [0.4, 0.5) is 4.79 Å². The largest absolute Gasteiger partial charge is 0.511 e. The van der Waals surface area contributed by atoms with Crippen molar-refractivity contribution in [1.29, 1.82) is 0 Å². The third kappa shape index (κ3) is 5.28. The van der Waals surface area contributed by atoms with Crippen LogP contribution < -0.4 is 9.47 Å². The molecule has 0 aromatic heterocycles. The Bertz CT molecular complexity index is 1260. The first-order valence-electron chi connectivity index (χ1n) is 12.7. The van der Waals surface area contributed by atoms with E-state index in [0.717, 1.165) is 17.5 Å². The Morgan fingerprint density at radius 1 is 0.861 bits per heavy atom. The molecular weight excluding hydrogens is 448 g/mol. The van der Waals surface area contributed by atoms with Crippen LogP contribution in [-0.2, 0) is 22.9 Å². The van der Waals surface area contributed by atoms with Crippen LogP contribution in [0.2, 0.25) is 0 Å². The molecule has 190 valence electrons. The monoisotopic (exact) mass is 486 g/mol. The molecule has 4 heteroatoms. The van der Waals surface area contributed by atoms with Crippen molar-refractivity contribution in [3.63, 3.8) is 0 Å². The number of benzene rings is 3. The fraction of sp³-hybridized carbons (Fsp3) is 0.406. The Morgan fingerprint density at radius 3 is 2.08 bits per heavy atom. The number of hydrogen-bond acceptors (Lipinski definition) is 3. The van der Waals surface area contributed by atoms with Crippen molar-refractivity contribution in [3.8, 4) is 22.6 Å². The Labute approximate surface area is 215 Å². The van der Waals surface area contributed by atoms with E-state index in [2.05, 4.69) is 78.8 Å². The molecule has 0 amide bonds. The second-order valence-electron chi connectivity index (χ2n) is 12.3. The highest BCUT2D eigenvalue weighted by Crippen LogP contribution is 2.46. The summed E-state index contributed by atoms with van der Waals surface area (Å²) >= 11 is 0. The average molecular weight is 487 g/mol. The quantitative estimate of drug-likeness (QED) is 0.290. The van der Waals surface area contributed by atoms with Crippen molar-refractivity contribution in [2.45, 2.75) is 84.2 Å². The number of ether oxygens (including phenoxy) is 2. The van der Waals surface area contributed by atoms with Crippen LogP contribution in [0.15, 0.2) is 60.7 Å². The highest BCUT2D eigenvalue weighted by Gasteiger charge is 2.37. The number of carbonyl (C=O) groups is 1. The summed E-state index contributed by atoms with van der Waals surface area (Å²) in [7, 11) is 0. The Balaban J connectivity index is 1.69. The fourth-order valence-electron chi connectivity index (χ4n) is 5.12. The Morgan fingerprint density at radius 2 is 1.47 bits per heavy atom. The van der Waals surface area contributed by atoms with Gasteiger partial charge in [0.25, 0.3) is 0 Å². The van der Waals surface area contributed by atoms with Gasteiger partial charge >= 0.3 is 6.16 Å². The third-order valence-corrected chi connectivity index (χ3v) is 7.54. The first-order chi connectivity index (χ1) is 16.8. The van der Waals surface area contributed by atoms with Gasteiger partial charge in [-0.25, -0.2) is 4.79 Å². The number of carboxylic acid groups (broad SMARTS) is 1. The number of fused-ring (bicyclic) bond motifs is 1. The highest BCUT2D eigenvalue weighted by atomic mass is 16.7. The van der Waals surface area contributed by atoms with Gasteiger partial charge in [0.1, 0.15) is 18.1 Å². The van der Waals surface area contributed by atoms with E-state index < -0.39 is 6.16 Å². The molecule has 0 radical (unpaired) electrons. The first kappa shape index (κ1) is 25.8. The molecule has 1 N–H and O–H groups in total. The molecule has 4 rings (SSSR count). The molecule has 0 saturated carbocycles. The highest BCUT2D eigenvalue weighted by molar-refractivity contribution is 5.79. The normalized spacial score (nSPS) is 16.2. The fourth-order valence-corrected chi connectivity index (χ4v) is 5.12. The minimum absolute atomic E-state index is 0.0176. The van der Waals surface area contributed by atoms with Gasteiger partial charge in [-0.15, -0.1) is 0 Å². The smallest absolute Gasteiger partial charge is 0.488 e. The number of rotatable bonds is 5. The lowest BCUT2D eigenvalue weighted by Gasteiger charge is -2.42. The van der Waals surface area contributed by atoms with Crippen LogP contribution >= 0.6 is 0 Å². The van der Waals surface area contributed by atoms with Gasteiger partial charge in [-0.1, -0.05) is 97.0 Å². The molecule has 3 aromatic rings. The lowest BCUT2D eigenvalue weighted by atomic mass is 9.63. The maximum absolute atomic E-state index is 11.4. The Kier molecular flexibility index (Phi) is 6.68. The molecule has 0 bridgehead atoms. The van der Waals surface area contributed by atoms with Crippen LogP contribution in [0.3, 0.4) is 0 Å². The van der Waals surface area contributed by atoms with E-state index in [0.29, 0.717) is 17.9 Å². The molecule has 0 unspecified atom stereocenters. The second-order valence-corrected chi connectivity index (χ2v) is 12.3. The van der Waals surface area contributed by atoms with Crippen molar-refractivity contribution >= 4 is 6.16 Å².